The maximum absolute atomic E-state index is 5.11. The predicted molar refractivity (Wildman–Crippen MR) is 51.2 cm³/mol. The van der Waals surface area contributed by atoms with Gasteiger partial charge in [0, 0.05) is 19.8 Å². The zero-order valence-corrected chi connectivity index (χ0v) is 8.47. The first-order valence-electron chi connectivity index (χ1n) is 4.98. The van der Waals surface area contributed by atoms with Crippen molar-refractivity contribution in [1.82, 2.24) is 5.32 Å². The SMILES string of the molecule is COCCC(C(C)C)C1CCN1. The Kier molecular flexibility index (Phi) is 4.02. The summed E-state index contributed by atoms with van der Waals surface area (Å²) in [5.74, 6) is 1.58. The van der Waals surface area contributed by atoms with E-state index in [2.05, 4.69) is 19.2 Å². The van der Waals surface area contributed by atoms with Gasteiger partial charge in [0.15, 0.2) is 0 Å². The Labute approximate surface area is 75.7 Å². The summed E-state index contributed by atoms with van der Waals surface area (Å²) in [5.41, 5.74) is 0. The minimum Gasteiger partial charge on any atom is -0.385 e. The molecule has 0 bridgehead atoms. The third kappa shape index (κ3) is 2.46. The Morgan fingerprint density at radius 1 is 1.50 bits per heavy atom. The normalized spacial score (nSPS) is 25.5. The van der Waals surface area contributed by atoms with Crippen molar-refractivity contribution >= 4 is 0 Å². The maximum Gasteiger partial charge on any atom is 0.0465 e. The Morgan fingerprint density at radius 3 is 2.50 bits per heavy atom. The molecule has 2 heteroatoms. The molecule has 0 saturated carbocycles. The van der Waals surface area contributed by atoms with E-state index in [-0.39, 0.29) is 0 Å². The number of ether oxygens (including phenoxy) is 1. The molecule has 0 aromatic heterocycles. The zero-order chi connectivity index (χ0) is 8.97. The highest BCUT2D eigenvalue weighted by Crippen LogP contribution is 2.24. The number of nitrogens with one attached hydrogen (secondary N) is 1. The fourth-order valence-corrected chi connectivity index (χ4v) is 1.93. The van der Waals surface area contributed by atoms with Gasteiger partial charge in [-0.15, -0.1) is 0 Å². The molecule has 1 heterocycles. The van der Waals surface area contributed by atoms with Gasteiger partial charge in [-0.3, -0.25) is 0 Å². The first-order valence-corrected chi connectivity index (χ1v) is 4.98. The minimum absolute atomic E-state index is 0.764. The van der Waals surface area contributed by atoms with Gasteiger partial charge in [0.1, 0.15) is 0 Å². The first kappa shape index (κ1) is 10.0. The van der Waals surface area contributed by atoms with Gasteiger partial charge in [0.2, 0.25) is 0 Å². The second-order valence-corrected chi connectivity index (χ2v) is 4.04. The lowest BCUT2D eigenvalue weighted by molar-refractivity contribution is 0.128. The summed E-state index contributed by atoms with van der Waals surface area (Å²) >= 11 is 0. The fourth-order valence-electron chi connectivity index (χ4n) is 1.93. The Hall–Kier alpha value is -0.0800. The smallest absolute Gasteiger partial charge is 0.0465 e. The van der Waals surface area contributed by atoms with Crippen molar-refractivity contribution in [1.29, 1.82) is 0 Å². The quantitative estimate of drug-likeness (QED) is 0.679. The van der Waals surface area contributed by atoms with E-state index in [1.165, 1.54) is 19.4 Å². The summed E-state index contributed by atoms with van der Waals surface area (Å²) in [4.78, 5) is 0. The maximum atomic E-state index is 5.11. The highest BCUT2D eigenvalue weighted by atomic mass is 16.5. The van der Waals surface area contributed by atoms with Crippen LogP contribution in [0.15, 0.2) is 0 Å². The Morgan fingerprint density at radius 2 is 2.17 bits per heavy atom. The van der Waals surface area contributed by atoms with Crippen molar-refractivity contribution in [3.8, 4) is 0 Å². The molecule has 2 unspecified atom stereocenters. The van der Waals surface area contributed by atoms with Gasteiger partial charge in [-0.05, 0) is 31.2 Å². The molecule has 2 atom stereocenters. The highest BCUT2D eigenvalue weighted by molar-refractivity contribution is 4.85. The van der Waals surface area contributed by atoms with Gasteiger partial charge in [-0.25, -0.2) is 0 Å². The van der Waals surface area contributed by atoms with Crippen molar-refractivity contribution in [2.75, 3.05) is 20.3 Å². The zero-order valence-electron chi connectivity index (χ0n) is 8.47. The third-order valence-electron chi connectivity index (χ3n) is 2.89. The van der Waals surface area contributed by atoms with Gasteiger partial charge in [-0.1, -0.05) is 13.8 Å². The van der Waals surface area contributed by atoms with E-state index in [9.17, 15) is 0 Å². The topological polar surface area (TPSA) is 21.3 Å². The summed E-state index contributed by atoms with van der Waals surface area (Å²) in [7, 11) is 1.78. The number of methoxy groups -OCH3 is 1. The molecular formula is C10H21NO. The van der Waals surface area contributed by atoms with E-state index in [0.29, 0.717) is 0 Å². The molecule has 1 saturated heterocycles. The van der Waals surface area contributed by atoms with Crippen LogP contribution in [-0.2, 0) is 4.74 Å². The molecule has 0 aromatic carbocycles. The van der Waals surface area contributed by atoms with Gasteiger partial charge in [-0.2, -0.15) is 0 Å². The van der Waals surface area contributed by atoms with Gasteiger partial charge < -0.3 is 10.1 Å². The molecule has 2 nitrogen and oxygen atoms in total. The largest absolute Gasteiger partial charge is 0.385 e. The van der Waals surface area contributed by atoms with Crippen LogP contribution in [0, 0.1) is 11.8 Å². The van der Waals surface area contributed by atoms with E-state index in [0.717, 1.165) is 24.5 Å². The third-order valence-corrected chi connectivity index (χ3v) is 2.89. The molecule has 0 spiro atoms. The van der Waals surface area contributed by atoms with Crippen LogP contribution in [-0.4, -0.2) is 26.3 Å². The molecule has 1 aliphatic heterocycles. The van der Waals surface area contributed by atoms with E-state index in [1.54, 1.807) is 7.11 Å². The summed E-state index contributed by atoms with van der Waals surface area (Å²) in [6, 6.07) is 0.764. The number of hydrogen-bond donors (Lipinski definition) is 1. The Balaban J connectivity index is 2.27. The van der Waals surface area contributed by atoms with Crippen LogP contribution in [0.4, 0.5) is 0 Å². The second-order valence-electron chi connectivity index (χ2n) is 4.04. The fraction of sp³-hybridized carbons (Fsp3) is 1.00. The van der Waals surface area contributed by atoms with E-state index in [4.69, 9.17) is 4.74 Å². The summed E-state index contributed by atoms with van der Waals surface area (Å²) in [6.45, 7) is 6.72. The lowest BCUT2D eigenvalue weighted by Gasteiger charge is -2.37. The van der Waals surface area contributed by atoms with Crippen molar-refractivity contribution < 1.29 is 4.74 Å². The van der Waals surface area contributed by atoms with Crippen LogP contribution in [0.3, 0.4) is 0 Å². The average Bonchev–Trinajstić information content (AvgIpc) is 1.93. The minimum atomic E-state index is 0.764. The predicted octanol–water partition coefficient (Wildman–Crippen LogP) is 1.66. The van der Waals surface area contributed by atoms with Crippen LogP contribution in [0.2, 0.25) is 0 Å². The Bertz CT molecular complexity index is 121. The van der Waals surface area contributed by atoms with Gasteiger partial charge in [0.05, 0.1) is 0 Å². The summed E-state index contributed by atoms with van der Waals surface area (Å²) < 4.78 is 5.11. The van der Waals surface area contributed by atoms with Gasteiger partial charge >= 0.3 is 0 Å². The molecule has 1 rings (SSSR count). The molecular weight excluding hydrogens is 150 g/mol. The van der Waals surface area contributed by atoms with E-state index < -0.39 is 0 Å². The van der Waals surface area contributed by atoms with Crippen LogP contribution in [0.1, 0.15) is 26.7 Å². The molecule has 1 aliphatic rings. The van der Waals surface area contributed by atoms with Crippen molar-refractivity contribution in [3.05, 3.63) is 0 Å². The van der Waals surface area contributed by atoms with E-state index in [1.807, 2.05) is 0 Å². The molecule has 0 aliphatic carbocycles. The lowest BCUT2D eigenvalue weighted by atomic mass is 9.81. The molecule has 0 aromatic rings. The number of hydrogen-bond acceptors (Lipinski definition) is 2. The molecule has 1 N–H and O–H groups in total. The first-order chi connectivity index (χ1) is 5.75. The van der Waals surface area contributed by atoms with Gasteiger partial charge in [0.25, 0.3) is 0 Å². The molecule has 1 fully saturated rings. The average molecular weight is 171 g/mol. The van der Waals surface area contributed by atoms with Crippen LogP contribution >= 0.6 is 0 Å². The van der Waals surface area contributed by atoms with Crippen LogP contribution in [0.5, 0.6) is 0 Å². The van der Waals surface area contributed by atoms with Crippen molar-refractivity contribution in [2.24, 2.45) is 11.8 Å². The standard InChI is InChI=1S/C10H21NO/c1-8(2)9(5-7-12-3)10-4-6-11-10/h8-11H,4-7H2,1-3H3. The van der Waals surface area contributed by atoms with Crippen LogP contribution < -0.4 is 5.32 Å². The molecule has 12 heavy (non-hydrogen) atoms. The monoisotopic (exact) mass is 171 g/mol. The summed E-state index contributed by atoms with van der Waals surface area (Å²) in [5, 5.41) is 3.48. The lowest BCUT2D eigenvalue weighted by Crippen LogP contribution is -2.49. The summed E-state index contributed by atoms with van der Waals surface area (Å²) in [6.07, 6.45) is 2.55. The molecule has 72 valence electrons. The second kappa shape index (κ2) is 4.83. The van der Waals surface area contributed by atoms with E-state index >= 15 is 0 Å². The molecule has 0 amide bonds. The van der Waals surface area contributed by atoms with Crippen molar-refractivity contribution in [2.45, 2.75) is 32.7 Å². The van der Waals surface area contributed by atoms with Crippen molar-refractivity contribution in [3.63, 3.8) is 0 Å². The number of rotatable bonds is 5. The molecule has 0 radical (unpaired) electrons. The highest BCUT2D eigenvalue weighted by Gasteiger charge is 2.28. The van der Waals surface area contributed by atoms with Crippen LogP contribution in [0.25, 0.3) is 0 Å².